The highest BCUT2D eigenvalue weighted by Crippen LogP contribution is 2.34. The van der Waals surface area contributed by atoms with Crippen molar-refractivity contribution in [3.8, 4) is 0 Å². The predicted octanol–water partition coefficient (Wildman–Crippen LogP) is 5.32. The molecule has 1 unspecified atom stereocenters. The quantitative estimate of drug-likeness (QED) is 0.388. The zero-order valence-corrected chi connectivity index (χ0v) is 18.0. The number of hydrogen-bond acceptors (Lipinski definition) is 2. The van der Waals surface area contributed by atoms with Crippen molar-refractivity contribution in [1.82, 2.24) is 0 Å². The molecule has 2 nitrogen and oxygen atoms in total. The molecule has 3 heteroatoms. The Morgan fingerprint density at radius 1 is 0.833 bits per heavy atom. The summed E-state index contributed by atoms with van der Waals surface area (Å²) in [5, 5.41) is 2.60. The molecule has 1 atom stereocenters. The molecule has 1 aliphatic rings. The van der Waals surface area contributed by atoms with Gasteiger partial charge in [0.05, 0.1) is 6.61 Å². The van der Waals surface area contributed by atoms with E-state index in [0.717, 1.165) is 22.9 Å². The molecule has 0 spiro atoms. The molecule has 0 amide bonds. The van der Waals surface area contributed by atoms with Gasteiger partial charge in [0.1, 0.15) is 0 Å². The van der Waals surface area contributed by atoms with E-state index in [1.165, 1.54) is 10.6 Å². The molecule has 4 rings (SSSR count). The molecule has 3 aromatic carbocycles. The lowest BCUT2D eigenvalue weighted by atomic mass is 10.1. The maximum atomic E-state index is 12.8. The van der Waals surface area contributed by atoms with E-state index in [0.29, 0.717) is 6.61 Å². The molecule has 3 aromatic rings. The number of carbonyl (C=O) groups excluding carboxylic acids is 1. The lowest BCUT2D eigenvalue weighted by Gasteiger charge is -2.19. The summed E-state index contributed by atoms with van der Waals surface area (Å²) in [5.74, 6) is -0.141. The van der Waals surface area contributed by atoms with Crippen LogP contribution in [0.2, 0.25) is 0 Å². The van der Waals surface area contributed by atoms with Gasteiger partial charge in [-0.25, -0.2) is 4.79 Å². The van der Waals surface area contributed by atoms with Crippen molar-refractivity contribution in [3.63, 3.8) is 0 Å². The van der Waals surface area contributed by atoms with E-state index in [2.05, 4.69) is 66.7 Å². The van der Waals surface area contributed by atoms with Crippen LogP contribution in [0.25, 0.3) is 5.57 Å². The van der Waals surface area contributed by atoms with Crippen molar-refractivity contribution < 1.29 is 9.53 Å². The summed E-state index contributed by atoms with van der Waals surface area (Å²) in [6.07, 6.45) is 4.92. The van der Waals surface area contributed by atoms with E-state index in [1.54, 1.807) is 0 Å². The molecule has 1 aliphatic carbocycles. The minimum Gasteiger partial charge on any atom is -0.462 e. The average molecular weight is 412 g/mol. The van der Waals surface area contributed by atoms with Crippen molar-refractivity contribution in [2.45, 2.75) is 6.92 Å². The first-order valence-electron chi connectivity index (χ1n) is 10.3. The summed E-state index contributed by atoms with van der Waals surface area (Å²) in [5.41, 5.74) is 2.95. The van der Waals surface area contributed by atoms with E-state index in [9.17, 15) is 4.79 Å². The second-order valence-corrected chi connectivity index (χ2v) is 9.67. The fourth-order valence-electron chi connectivity index (χ4n) is 3.70. The van der Waals surface area contributed by atoms with Gasteiger partial charge in [0, 0.05) is 17.7 Å². The molecule has 0 radical (unpaired) electrons. The first-order valence-corrected chi connectivity index (χ1v) is 11.8. The fourth-order valence-corrected chi connectivity index (χ4v) is 5.85. The van der Waals surface area contributed by atoms with Gasteiger partial charge in [-0.3, -0.25) is 0 Å². The number of benzene rings is 3. The van der Waals surface area contributed by atoms with Crippen molar-refractivity contribution in [2.75, 3.05) is 12.8 Å². The smallest absolute Gasteiger partial charge is 0.334 e. The third-order valence-electron chi connectivity index (χ3n) is 5.26. The molecule has 30 heavy (non-hydrogen) atoms. The first kappa shape index (κ1) is 20.3. The minimum absolute atomic E-state index is 0.0671. The second-order valence-electron chi connectivity index (χ2n) is 7.34. The Bertz CT molecular complexity index is 1000. The molecule has 0 saturated heterocycles. The zero-order valence-electron chi connectivity index (χ0n) is 17.1. The summed E-state index contributed by atoms with van der Waals surface area (Å²) >= 11 is 0. The molecule has 0 heterocycles. The van der Waals surface area contributed by atoms with Crippen LogP contribution >= 0.6 is 7.92 Å². The highest BCUT2D eigenvalue weighted by atomic mass is 31.1. The third-order valence-corrected chi connectivity index (χ3v) is 7.73. The highest BCUT2D eigenvalue weighted by Gasteiger charge is 2.23. The van der Waals surface area contributed by atoms with Crippen LogP contribution in [0, 0.1) is 5.92 Å². The Balaban J connectivity index is 1.42. The van der Waals surface area contributed by atoms with Crippen LogP contribution in [0.4, 0.5) is 0 Å². The number of hydrogen-bond donors (Lipinski definition) is 0. The van der Waals surface area contributed by atoms with Crippen LogP contribution in [-0.4, -0.2) is 18.7 Å². The van der Waals surface area contributed by atoms with Crippen LogP contribution in [-0.2, 0) is 9.53 Å². The summed E-state index contributed by atoms with van der Waals surface area (Å²) in [6, 6.07) is 31.2. The van der Waals surface area contributed by atoms with Crippen molar-refractivity contribution in [1.29, 1.82) is 0 Å². The van der Waals surface area contributed by atoms with Gasteiger partial charge in [-0.05, 0) is 35.7 Å². The van der Waals surface area contributed by atoms with Crippen LogP contribution in [0.15, 0.2) is 109 Å². The largest absolute Gasteiger partial charge is 0.462 e. The summed E-state index contributed by atoms with van der Waals surface area (Å²) in [6.45, 7) is 2.46. The van der Waals surface area contributed by atoms with E-state index in [4.69, 9.17) is 4.74 Å². The molecule has 0 aromatic heterocycles. The zero-order chi connectivity index (χ0) is 20.8. The first-order chi connectivity index (χ1) is 14.7. The topological polar surface area (TPSA) is 26.3 Å². The number of esters is 1. The Morgan fingerprint density at radius 3 is 1.93 bits per heavy atom. The maximum Gasteiger partial charge on any atom is 0.334 e. The Kier molecular flexibility index (Phi) is 6.57. The third kappa shape index (κ3) is 4.78. The summed E-state index contributed by atoms with van der Waals surface area (Å²) < 4.78 is 5.73. The lowest BCUT2D eigenvalue weighted by Crippen LogP contribution is -2.19. The van der Waals surface area contributed by atoms with E-state index < -0.39 is 7.92 Å². The van der Waals surface area contributed by atoms with Gasteiger partial charge in [-0.2, -0.15) is 0 Å². The van der Waals surface area contributed by atoms with Crippen molar-refractivity contribution in [2.24, 2.45) is 5.92 Å². The minimum atomic E-state index is -0.559. The van der Waals surface area contributed by atoms with Crippen molar-refractivity contribution >= 4 is 30.1 Å². The van der Waals surface area contributed by atoms with E-state index >= 15 is 0 Å². The molecule has 0 saturated carbocycles. The van der Waals surface area contributed by atoms with Gasteiger partial charge in [-0.15, -0.1) is 0 Å². The maximum absolute atomic E-state index is 12.8. The normalized spacial score (nSPS) is 15.6. The summed E-state index contributed by atoms with van der Waals surface area (Å²) in [7, 11) is -0.559. The summed E-state index contributed by atoms with van der Waals surface area (Å²) in [4.78, 5) is 12.8. The van der Waals surface area contributed by atoms with Gasteiger partial charge in [0.25, 0.3) is 0 Å². The average Bonchev–Trinajstić information content (AvgIpc) is 3.20. The SMILES string of the molecule is CC1C=C(c2ccccc2)C=C1C(=O)OCCP(c1ccccc1)c1ccccc1. The standard InChI is InChI=1S/C27H25O2P/c1-21-19-23(22-11-5-2-6-12-22)20-26(21)27(28)29-17-18-30(24-13-7-3-8-14-24)25-15-9-4-10-16-25/h2-16,19-21H,17-18H2,1H3. The number of ether oxygens (including phenoxy) is 1. The van der Waals surface area contributed by atoms with Crippen molar-refractivity contribution in [3.05, 3.63) is 114 Å². The molecule has 150 valence electrons. The number of allylic oxidation sites excluding steroid dienone is 3. The Hall–Kier alpha value is -2.96. The monoisotopic (exact) mass is 412 g/mol. The molecule has 0 N–H and O–H groups in total. The Morgan fingerprint density at radius 2 is 1.37 bits per heavy atom. The van der Waals surface area contributed by atoms with E-state index in [1.807, 2.05) is 43.3 Å². The molecule has 0 bridgehead atoms. The van der Waals surface area contributed by atoms with Crippen LogP contribution in [0.5, 0.6) is 0 Å². The second kappa shape index (κ2) is 9.69. The molecular weight excluding hydrogens is 387 g/mol. The Labute approximate surface area is 179 Å². The lowest BCUT2D eigenvalue weighted by molar-refractivity contribution is -0.138. The van der Waals surface area contributed by atoms with Gasteiger partial charge in [0.2, 0.25) is 0 Å². The van der Waals surface area contributed by atoms with Gasteiger partial charge >= 0.3 is 5.97 Å². The van der Waals surface area contributed by atoms with Crippen LogP contribution < -0.4 is 10.6 Å². The van der Waals surface area contributed by atoms with E-state index in [-0.39, 0.29) is 11.9 Å². The van der Waals surface area contributed by atoms with Crippen LogP contribution in [0.3, 0.4) is 0 Å². The van der Waals surface area contributed by atoms with Gasteiger partial charge in [-0.1, -0.05) is 104 Å². The molecule has 0 fully saturated rings. The number of rotatable bonds is 7. The molecular formula is C27H25O2P. The van der Waals surface area contributed by atoms with Crippen LogP contribution in [0.1, 0.15) is 12.5 Å². The number of carbonyl (C=O) groups is 1. The van der Waals surface area contributed by atoms with Gasteiger partial charge < -0.3 is 4.74 Å². The van der Waals surface area contributed by atoms with Gasteiger partial charge in [0.15, 0.2) is 0 Å². The highest BCUT2D eigenvalue weighted by molar-refractivity contribution is 7.73. The fraction of sp³-hybridized carbons (Fsp3) is 0.148. The molecule has 0 aliphatic heterocycles. The predicted molar refractivity (Wildman–Crippen MR) is 127 cm³/mol.